The van der Waals surface area contributed by atoms with E-state index in [1.807, 2.05) is 6.92 Å². The minimum atomic E-state index is -4.05. The first kappa shape index (κ1) is 10.5. The number of rotatable bonds is 3. The lowest BCUT2D eigenvalue weighted by molar-refractivity contribution is -0.124. The fourth-order valence-corrected chi connectivity index (χ4v) is 2.02. The van der Waals surface area contributed by atoms with E-state index < -0.39 is 11.4 Å². The van der Waals surface area contributed by atoms with Crippen LogP contribution in [-0.4, -0.2) is 17.2 Å². The van der Waals surface area contributed by atoms with Crippen LogP contribution in [0.3, 0.4) is 0 Å². The van der Waals surface area contributed by atoms with Gasteiger partial charge in [0.25, 0.3) is 0 Å². The molecule has 0 radical (unpaired) electrons. The number of alkyl halides is 3. The Bertz CT molecular complexity index is 91.4. The lowest BCUT2D eigenvalue weighted by Gasteiger charge is -2.12. The summed E-state index contributed by atoms with van der Waals surface area (Å²) in [4.78, 5) is 0. The predicted octanol–water partition coefficient (Wildman–Crippen LogP) is 3.34. The summed E-state index contributed by atoms with van der Waals surface area (Å²) in [5, 5.41) is -1.25. The second-order valence-electron chi connectivity index (χ2n) is 1.69. The maximum atomic E-state index is 11.7. The molecule has 0 aromatic carbocycles. The molecule has 0 spiro atoms. The summed E-state index contributed by atoms with van der Waals surface area (Å²) >= 11 is 0. The molecule has 10 heavy (non-hydrogen) atoms. The molecule has 0 nitrogen and oxygen atoms in total. The molecule has 5 heteroatoms. The van der Waals surface area contributed by atoms with Gasteiger partial charge >= 0.3 is 6.18 Å². The molecule has 1 unspecified atom stereocenters. The maximum absolute atomic E-state index is 11.7. The summed E-state index contributed by atoms with van der Waals surface area (Å²) in [7, 11) is 2.11. The lowest BCUT2D eigenvalue weighted by atomic mass is 10.5. The number of hydrogen-bond donors (Lipinski definition) is 0. The summed E-state index contributed by atoms with van der Waals surface area (Å²) in [6.07, 6.45) is -4.05. The Morgan fingerprint density at radius 2 is 1.90 bits per heavy atom. The van der Waals surface area contributed by atoms with Crippen molar-refractivity contribution in [3.63, 3.8) is 0 Å². The first-order valence-corrected chi connectivity index (χ1v) is 5.21. The fraction of sp³-hybridized carbons (Fsp3) is 1.00. The zero-order valence-electron chi connectivity index (χ0n) is 5.73. The summed E-state index contributed by atoms with van der Waals surface area (Å²) in [6, 6.07) is 0. The summed E-state index contributed by atoms with van der Waals surface area (Å²) < 4.78 is 35.2. The van der Waals surface area contributed by atoms with E-state index in [1.165, 1.54) is 17.7 Å². The van der Waals surface area contributed by atoms with E-state index >= 15 is 0 Å². The van der Waals surface area contributed by atoms with Crippen LogP contribution in [0.5, 0.6) is 0 Å². The van der Waals surface area contributed by atoms with Crippen molar-refractivity contribution in [2.75, 3.05) is 5.75 Å². The Hall–Kier alpha value is 0.490. The van der Waals surface area contributed by atoms with Gasteiger partial charge in [-0.15, -0.1) is 0 Å². The van der Waals surface area contributed by atoms with Crippen LogP contribution in [-0.2, 0) is 0 Å². The van der Waals surface area contributed by atoms with Crippen molar-refractivity contribution >= 4 is 21.6 Å². The second-order valence-corrected chi connectivity index (χ2v) is 4.68. The molecule has 0 bridgehead atoms. The molecule has 0 saturated heterocycles. The molecular weight excluding hydrogens is 181 g/mol. The Kier molecular flexibility index (Phi) is 4.60. The van der Waals surface area contributed by atoms with Crippen LogP contribution < -0.4 is 0 Å². The topological polar surface area (TPSA) is 0 Å². The molecule has 0 aromatic rings. The zero-order valence-corrected chi connectivity index (χ0v) is 7.37. The SMILES string of the molecule is CCSSC(C)C(F)(F)F. The van der Waals surface area contributed by atoms with Gasteiger partial charge in [-0.05, 0) is 6.92 Å². The molecule has 0 N–H and O–H groups in total. The van der Waals surface area contributed by atoms with Gasteiger partial charge in [-0.3, -0.25) is 0 Å². The minimum Gasteiger partial charge on any atom is -0.170 e. The van der Waals surface area contributed by atoms with Gasteiger partial charge in [0, 0.05) is 5.75 Å². The van der Waals surface area contributed by atoms with Crippen LogP contribution in [0.15, 0.2) is 0 Å². The Labute approximate surface area is 66.3 Å². The van der Waals surface area contributed by atoms with Crippen molar-refractivity contribution in [2.45, 2.75) is 25.3 Å². The van der Waals surface area contributed by atoms with Crippen LogP contribution in [0, 0.1) is 0 Å². The highest BCUT2D eigenvalue weighted by Crippen LogP contribution is 2.36. The molecule has 0 heterocycles. The van der Waals surface area contributed by atoms with Crippen LogP contribution >= 0.6 is 21.6 Å². The van der Waals surface area contributed by atoms with E-state index in [0.29, 0.717) is 5.75 Å². The molecule has 62 valence electrons. The van der Waals surface area contributed by atoms with E-state index in [9.17, 15) is 13.2 Å². The van der Waals surface area contributed by atoms with E-state index in [1.54, 1.807) is 0 Å². The molecule has 0 aliphatic rings. The van der Waals surface area contributed by atoms with Crippen LogP contribution in [0.1, 0.15) is 13.8 Å². The third-order valence-electron chi connectivity index (χ3n) is 0.791. The molecular formula is C5H9F3S2. The van der Waals surface area contributed by atoms with Gasteiger partial charge in [0.1, 0.15) is 5.25 Å². The molecule has 1 atom stereocenters. The van der Waals surface area contributed by atoms with E-state index in [2.05, 4.69) is 0 Å². The van der Waals surface area contributed by atoms with Crippen molar-refractivity contribution in [1.29, 1.82) is 0 Å². The van der Waals surface area contributed by atoms with Crippen LogP contribution in [0.4, 0.5) is 13.2 Å². The Morgan fingerprint density at radius 3 is 2.20 bits per heavy atom. The number of hydrogen-bond acceptors (Lipinski definition) is 2. The quantitative estimate of drug-likeness (QED) is 0.626. The zero-order chi connectivity index (χ0) is 8.20. The van der Waals surface area contributed by atoms with Crippen LogP contribution in [0.25, 0.3) is 0 Å². The molecule has 0 fully saturated rings. The standard InChI is InChI=1S/C5H9F3S2/c1-3-9-10-4(2)5(6,7)8/h4H,3H2,1-2H3. The lowest BCUT2D eigenvalue weighted by Crippen LogP contribution is -2.21. The van der Waals surface area contributed by atoms with Crippen molar-refractivity contribution in [2.24, 2.45) is 0 Å². The van der Waals surface area contributed by atoms with Crippen LogP contribution in [0.2, 0.25) is 0 Å². The average molecular weight is 190 g/mol. The second kappa shape index (κ2) is 4.38. The van der Waals surface area contributed by atoms with Gasteiger partial charge < -0.3 is 0 Å². The summed E-state index contributed by atoms with van der Waals surface area (Å²) in [5.41, 5.74) is 0. The first-order valence-electron chi connectivity index (χ1n) is 2.83. The highest BCUT2D eigenvalue weighted by molar-refractivity contribution is 8.76. The van der Waals surface area contributed by atoms with Gasteiger partial charge in [-0.25, -0.2) is 0 Å². The molecule has 0 rings (SSSR count). The van der Waals surface area contributed by atoms with E-state index in [-0.39, 0.29) is 0 Å². The third kappa shape index (κ3) is 4.33. The molecule has 0 aromatic heterocycles. The average Bonchev–Trinajstić information content (AvgIpc) is 1.80. The molecule has 0 saturated carbocycles. The Balaban J connectivity index is 3.52. The molecule has 0 amide bonds. The van der Waals surface area contributed by atoms with Crippen molar-refractivity contribution in [3.05, 3.63) is 0 Å². The largest absolute Gasteiger partial charge is 0.401 e. The van der Waals surface area contributed by atoms with Crippen molar-refractivity contribution in [1.82, 2.24) is 0 Å². The van der Waals surface area contributed by atoms with Gasteiger partial charge in [0.15, 0.2) is 0 Å². The normalized spacial score (nSPS) is 15.3. The predicted molar refractivity (Wildman–Crippen MR) is 41.2 cm³/mol. The highest BCUT2D eigenvalue weighted by Gasteiger charge is 2.36. The van der Waals surface area contributed by atoms with Crippen molar-refractivity contribution < 1.29 is 13.2 Å². The van der Waals surface area contributed by atoms with E-state index in [0.717, 1.165) is 10.8 Å². The monoisotopic (exact) mass is 190 g/mol. The van der Waals surface area contributed by atoms with E-state index in [4.69, 9.17) is 0 Å². The Morgan fingerprint density at radius 1 is 1.40 bits per heavy atom. The maximum Gasteiger partial charge on any atom is 0.401 e. The first-order chi connectivity index (χ1) is 4.48. The summed E-state index contributed by atoms with van der Waals surface area (Å²) in [5.74, 6) is 0.713. The minimum absolute atomic E-state index is 0.713. The fourth-order valence-electron chi connectivity index (χ4n) is 0.225. The smallest absolute Gasteiger partial charge is 0.170 e. The number of halogens is 3. The van der Waals surface area contributed by atoms with Gasteiger partial charge in [0.05, 0.1) is 0 Å². The van der Waals surface area contributed by atoms with Gasteiger partial charge in [0.2, 0.25) is 0 Å². The third-order valence-corrected chi connectivity index (χ3v) is 3.70. The van der Waals surface area contributed by atoms with Gasteiger partial charge in [-0.1, -0.05) is 28.5 Å². The van der Waals surface area contributed by atoms with Crippen molar-refractivity contribution in [3.8, 4) is 0 Å². The highest BCUT2D eigenvalue weighted by atomic mass is 33.1. The molecule has 0 aliphatic heterocycles. The summed E-state index contributed by atoms with van der Waals surface area (Å²) in [6.45, 7) is 3.01. The van der Waals surface area contributed by atoms with Gasteiger partial charge in [-0.2, -0.15) is 13.2 Å². The molecule has 0 aliphatic carbocycles.